The molecule has 0 bridgehead atoms. The molecule has 0 fully saturated rings. The minimum absolute atomic E-state index is 0.00662. The molecule has 0 atom stereocenters. The first-order valence-electron chi connectivity index (χ1n) is 13.1. The van der Waals surface area contributed by atoms with E-state index in [0.717, 1.165) is 25.7 Å². The number of ether oxygens (including phenoxy) is 2. The van der Waals surface area contributed by atoms with Gasteiger partial charge in [-0.2, -0.15) is 0 Å². The van der Waals surface area contributed by atoms with Crippen LogP contribution < -0.4 is 9.47 Å². The van der Waals surface area contributed by atoms with Gasteiger partial charge in [0.15, 0.2) is 34.6 Å². The molecule has 0 aromatic heterocycles. The Morgan fingerprint density at radius 1 is 0.683 bits per heavy atom. The number of carboxylic acid groups (broad SMARTS) is 2. The molecule has 41 heavy (non-hydrogen) atoms. The maximum atomic E-state index is 11.9. The van der Waals surface area contributed by atoms with Gasteiger partial charge >= 0.3 is 11.9 Å². The average molecular weight is 573 g/mol. The van der Waals surface area contributed by atoms with Gasteiger partial charge < -0.3 is 29.9 Å². The van der Waals surface area contributed by atoms with Crippen molar-refractivity contribution in [3.8, 4) is 23.0 Å². The van der Waals surface area contributed by atoms with Gasteiger partial charge in [0.1, 0.15) is 0 Å². The highest BCUT2D eigenvalue weighted by Crippen LogP contribution is 2.27. The van der Waals surface area contributed by atoms with Crippen molar-refractivity contribution < 1.29 is 49.1 Å². The third-order valence-corrected chi connectivity index (χ3v) is 5.17. The molecule has 0 aliphatic heterocycles. The van der Waals surface area contributed by atoms with E-state index < -0.39 is 11.9 Å². The Hall–Kier alpha value is -4.60. The zero-order chi connectivity index (χ0) is 31.2. The molecule has 10 heteroatoms. The summed E-state index contributed by atoms with van der Waals surface area (Å²) in [6.07, 6.45) is 9.61. The molecule has 0 heterocycles. The topological polar surface area (TPSA) is 168 Å². The second-order valence-corrected chi connectivity index (χ2v) is 8.63. The smallest absolute Gasteiger partial charge is 0.303 e. The summed E-state index contributed by atoms with van der Waals surface area (Å²) in [6.45, 7) is 3.95. The Morgan fingerprint density at radius 2 is 1.05 bits per heavy atom. The molecule has 0 spiro atoms. The molecule has 4 N–H and O–H groups in total. The van der Waals surface area contributed by atoms with Crippen LogP contribution in [-0.4, -0.2) is 58.2 Å². The molecule has 2 aromatic carbocycles. The lowest BCUT2D eigenvalue weighted by molar-refractivity contribution is -0.138. The molecule has 2 rings (SSSR count). The molecule has 0 aliphatic carbocycles. The van der Waals surface area contributed by atoms with Crippen LogP contribution in [0.3, 0.4) is 0 Å². The van der Waals surface area contributed by atoms with Crippen LogP contribution in [0.2, 0.25) is 0 Å². The fourth-order valence-corrected chi connectivity index (χ4v) is 2.92. The lowest BCUT2D eigenvalue weighted by Crippen LogP contribution is -2.01. The van der Waals surface area contributed by atoms with Crippen molar-refractivity contribution in [2.24, 2.45) is 0 Å². The summed E-state index contributed by atoms with van der Waals surface area (Å²) in [7, 11) is 2.87. The number of benzene rings is 2. The van der Waals surface area contributed by atoms with Crippen molar-refractivity contribution in [1.82, 2.24) is 0 Å². The van der Waals surface area contributed by atoms with Crippen molar-refractivity contribution in [3.05, 3.63) is 59.7 Å². The van der Waals surface area contributed by atoms with E-state index in [2.05, 4.69) is 0 Å². The Morgan fingerprint density at radius 3 is 1.32 bits per heavy atom. The van der Waals surface area contributed by atoms with Crippen molar-refractivity contribution in [3.63, 3.8) is 0 Å². The minimum Gasteiger partial charge on any atom is -0.504 e. The maximum Gasteiger partial charge on any atom is 0.303 e. The zero-order valence-corrected chi connectivity index (χ0v) is 24.0. The fourth-order valence-electron chi connectivity index (χ4n) is 2.92. The largest absolute Gasteiger partial charge is 0.504 e. The lowest BCUT2D eigenvalue weighted by atomic mass is 10.1. The van der Waals surface area contributed by atoms with Crippen molar-refractivity contribution in [2.75, 3.05) is 14.2 Å². The van der Waals surface area contributed by atoms with Crippen LogP contribution in [0, 0.1) is 0 Å². The molecule has 2 aromatic rings. The predicted octanol–water partition coefficient (Wildman–Crippen LogP) is 5.89. The Bertz CT molecular complexity index is 1090. The third kappa shape index (κ3) is 17.6. The van der Waals surface area contributed by atoms with Crippen LogP contribution in [0.4, 0.5) is 0 Å². The molecule has 224 valence electrons. The standard InChI is InChI=1S/C21H20O6.2C5H10O2/c1-26-20-11-14(5-9-18(20)24)3-7-16(22)13-17(23)8-4-15-6-10-19(25)21(12-15)27-2;2*1-2-3-4-5(6)7/h3-12,24-25H,13H2,1-2H3;2*2-4H2,1H3,(H,6,7)/b7-3+,8-4+;;. The quantitative estimate of drug-likeness (QED) is 0.158. The Labute approximate surface area is 240 Å². The number of hydrogen-bond donors (Lipinski definition) is 4. The molecule has 0 aliphatic rings. The summed E-state index contributed by atoms with van der Waals surface area (Å²) in [5.74, 6) is -1.47. The number of carbonyl (C=O) groups is 4. The highest BCUT2D eigenvalue weighted by Gasteiger charge is 2.06. The van der Waals surface area contributed by atoms with E-state index in [1.807, 2.05) is 13.8 Å². The van der Waals surface area contributed by atoms with Gasteiger partial charge in [0.25, 0.3) is 0 Å². The first kappa shape index (κ1) is 36.4. The molecule has 10 nitrogen and oxygen atoms in total. The number of allylic oxidation sites excluding steroid dienone is 2. The van der Waals surface area contributed by atoms with Crippen LogP contribution in [0.15, 0.2) is 48.6 Å². The summed E-state index contributed by atoms with van der Waals surface area (Å²) in [5.41, 5.74) is 1.33. The number of aliphatic carboxylic acids is 2. The van der Waals surface area contributed by atoms with Crippen LogP contribution >= 0.6 is 0 Å². The number of unbranched alkanes of at least 4 members (excludes halogenated alkanes) is 2. The normalized spacial score (nSPS) is 10.2. The second kappa shape index (κ2) is 21.2. The summed E-state index contributed by atoms with van der Waals surface area (Å²) in [4.78, 5) is 43.4. The highest BCUT2D eigenvalue weighted by molar-refractivity contribution is 6.10. The maximum absolute atomic E-state index is 11.9. The molecule has 0 saturated carbocycles. The van der Waals surface area contributed by atoms with E-state index in [9.17, 15) is 29.4 Å². The van der Waals surface area contributed by atoms with E-state index in [4.69, 9.17) is 19.7 Å². The summed E-state index contributed by atoms with van der Waals surface area (Å²) in [6, 6.07) is 9.34. The summed E-state index contributed by atoms with van der Waals surface area (Å²) in [5, 5.41) is 35.2. The van der Waals surface area contributed by atoms with Gasteiger partial charge in [0, 0.05) is 12.8 Å². The average Bonchev–Trinajstić information content (AvgIpc) is 2.94. The van der Waals surface area contributed by atoms with Gasteiger partial charge in [-0.3, -0.25) is 19.2 Å². The van der Waals surface area contributed by atoms with Crippen molar-refractivity contribution in [2.45, 2.75) is 58.8 Å². The number of aromatic hydroxyl groups is 2. The number of phenols is 2. The summed E-state index contributed by atoms with van der Waals surface area (Å²) >= 11 is 0. The summed E-state index contributed by atoms with van der Waals surface area (Å²) < 4.78 is 10.00. The molecule has 0 unspecified atom stereocenters. The van der Waals surface area contributed by atoms with Gasteiger partial charge in [0.05, 0.1) is 20.6 Å². The number of hydrogen-bond acceptors (Lipinski definition) is 8. The minimum atomic E-state index is -0.693. The van der Waals surface area contributed by atoms with Crippen LogP contribution in [0.1, 0.15) is 69.9 Å². The number of phenolic OH excluding ortho intramolecular Hbond substituents is 2. The van der Waals surface area contributed by atoms with E-state index in [-0.39, 0.29) is 29.5 Å². The molecule has 0 saturated heterocycles. The van der Waals surface area contributed by atoms with Gasteiger partial charge in [0.2, 0.25) is 0 Å². The van der Waals surface area contributed by atoms with Crippen LogP contribution in [-0.2, 0) is 19.2 Å². The SMILES string of the molecule is CCCCC(=O)O.CCCCC(=O)O.COc1cc(/C=C/C(=O)CC(=O)/C=C/c2ccc(O)c(OC)c2)ccc1O. The lowest BCUT2D eigenvalue weighted by Gasteiger charge is -2.03. The van der Waals surface area contributed by atoms with E-state index >= 15 is 0 Å². The van der Waals surface area contributed by atoms with Crippen molar-refractivity contribution >= 4 is 35.7 Å². The van der Waals surface area contributed by atoms with Gasteiger partial charge in [-0.1, -0.05) is 51.0 Å². The molecular weight excluding hydrogens is 532 g/mol. The van der Waals surface area contributed by atoms with E-state index in [1.165, 1.54) is 38.5 Å². The monoisotopic (exact) mass is 572 g/mol. The fraction of sp³-hybridized carbons (Fsp3) is 0.355. The third-order valence-electron chi connectivity index (χ3n) is 5.17. The zero-order valence-electron chi connectivity index (χ0n) is 24.0. The van der Waals surface area contributed by atoms with Gasteiger partial charge in [-0.25, -0.2) is 0 Å². The van der Waals surface area contributed by atoms with Crippen molar-refractivity contribution in [1.29, 1.82) is 0 Å². The van der Waals surface area contributed by atoms with Crippen LogP contribution in [0.5, 0.6) is 23.0 Å². The second-order valence-electron chi connectivity index (χ2n) is 8.63. The van der Waals surface area contributed by atoms with Crippen LogP contribution in [0.25, 0.3) is 12.2 Å². The predicted molar refractivity (Wildman–Crippen MR) is 156 cm³/mol. The van der Waals surface area contributed by atoms with E-state index in [0.29, 0.717) is 35.5 Å². The molecule has 0 amide bonds. The number of rotatable bonds is 14. The van der Waals surface area contributed by atoms with E-state index in [1.54, 1.807) is 36.4 Å². The van der Waals surface area contributed by atoms with Gasteiger partial charge in [-0.05, 0) is 60.4 Å². The Balaban J connectivity index is 0.000000941. The van der Waals surface area contributed by atoms with Gasteiger partial charge in [-0.15, -0.1) is 0 Å². The Kier molecular flexibility index (Phi) is 18.9. The first-order chi connectivity index (χ1) is 19.5. The molecular formula is C31H40O10. The number of ketones is 2. The molecule has 0 radical (unpaired) electrons. The number of methoxy groups -OCH3 is 2. The number of carbonyl (C=O) groups excluding carboxylic acids is 2. The number of carboxylic acids is 2. The first-order valence-corrected chi connectivity index (χ1v) is 13.1. The highest BCUT2D eigenvalue weighted by atomic mass is 16.5.